The van der Waals surface area contributed by atoms with Crippen molar-refractivity contribution in [3.05, 3.63) is 24.9 Å². The summed E-state index contributed by atoms with van der Waals surface area (Å²) in [4.78, 5) is 20.7. The van der Waals surface area contributed by atoms with Gasteiger partial charge < -0.3 is 11.1 Å². The summed E-state index contributed by atoms with van der Waals surface area (Å²) < 4.78 is 0. The molecular weight excluding hydrogens is 132 g/mol. The van der Waals surface area contributed by atoms with Crippen LogP contribution in [0.15, 0.2) is 24.9 Å². The van der Waals surface area contributed by atoms with Gasteiger partial charge in [0.05, 0.1) is 5.70 Å². The summed E-state index contributed by atoms with van der Waals surface area (Å²) in [7, 11) is 0. The highest BCUT2D eigenvalue weighted by molar-refractivity contribution is 5.98. The number of nitrogens with two attached hydrogens (primary N) is 1. The first-order valence-corrected chi connectivity index (χ1v) is 2.50. The molecule has 0 aliphatic rings. The molecule has 0 aromatic heterocycles. The largest absolute Gasteiger partial charge is 0.364 e. The monoisotopic (exact) mass is 140 g/mol. The van der Waals surface area contributed by atoms with E-state index in [1.54, 1.807) is 0 Å². The first kappa shape index (κ1) is 8.42. The summed E-state index contributed by atoms with van der Waals surface area (Å²) in [5.41, 5.74) is 4.62. The number of carbonyl (C=O) groups is 2. The Kier molecular flexibility index (Phi) is 2.90. The molecule has 0 fully saturated rings. The zero-order chi connectivity index (χ0) is 8.15. The minimum absolute atomic E-state index is 0.134. The van der Waals surface area contributed by atoms with Crippen LogP contribution in [0.5, 0.6) is 0 Å². The van der Waals surface area contributed by atoms with E-state index >= 15 is 0 Å². The van der Waals surface area contributed by atoms with Gasteiger partial charge in [-0.05, 0) is 6.08 Å². The van der Waals surface area contributed by atoms with Crippen LogP contribution in [0, 0.1) is 0 Å². The molecule has 4 nitrogen and oxygen atoms in total. The minimum Gasteiger partial charge on any atom is -0.364 e. The minimum atomic E-state index is -0.754. The van der Waals surface area contributed by atoms with Gasteiger partial charge in [-0.15, -0.1) is 0 Å². The molecule has 0 aliphatic carbocycles. The van der Waals surface area contributed by atoms with Crippen LogP contribution in [0.25, 0.3) is 0 Å². The third-order valence-corrected chi connectivity index (χ3v) is 0.757. The lowest BCUT2D eigenvalue weighted by molar-refractivity contribution is -0.119. The summed E-state index contributed by atoms with van der Waals surface area (Å²) in [6, 6.07) is 0. The lowest BCUT2D eigenvalue weighted by Gasteiger charge is -1.98. The van der Waals surface area contributed by atoms with Crippen LogP contribution in [-0.4, -0.2) is 11.8 Å². The van der Waals surface area contributed by atoms with Crippen molar-refractivity contribution in [3.8, 4) is 0 Å². The average molecular weight is 140 g/mol. The molecule has 0 saturated heterocycles. The number of hydrogen-bond acceptors (Lipinski definition) is 2. The smallest absolute Gasteiger partial charge is 0.264 e. The Balaban J connectivity index is 3.92. The van der Waals surface area contributed by atoms with Crippen LogP contribution < -0.4 is 11.1 Å². The Morgan fingerprint density at radius 2 is 2.00 bits per heavy atom. The molecule has 0 rings (SSSR count). The molecule has 0 atom stereocenters. The Morgan fingerprint density at radius 3 is 2.30 bits per heavy atom. The molecule has 4 heteroatoms. The van der Waals surface area contributed by atoms with Crippen molar-refractivity contribution >= 4 is 11.8 Å². The normalized spacial score (nSPS) is 8.00. The Labute approximate surface area is 58.4 Å². The molecule has 0 heterocycles. The van der Waals surface area contributed by atoms with E-state index in [0.29, 0.717) is 0 Å². The maximum absolute atomic E-state index is 10.4. The van der Waals surface area contributed by atoms with Gasteiger partial charge in [0.1, 0.15) is 0 Å². The number of primary amides is 1. The summed E-state index contributed by atoms with van der Waals surface area (Å²) in [6.45, 7) is 6.36. The maximum Gasteiger partial charge on any atom is 0.264 e. The van der Waals surface area contributed by atoms with E-state index in [1.165, 1.54) is 0 Å². The number of carbonyl (C=O) groups excluding carboxylic acids is 2. The molecule has 0 bridgehead atoms. The molecule has 10 heavy (non-hydrogen) atoms. The first-order chi connectivity index (χ1) is 4.57. The molecule has 54 valence electrons. The van der Waals surface area contributed by atoms with Crippen molar-refractivity contribution < 1.29 is 9.59 Å². The van der Waals surface area contributed by atoms with Gasteiger partial charge in [0.2, 0.25) is 5.91 Å². The summed E-state index contributed by atoms with van der Waals surface area (Å²) in [5, 5.41) is 2.10. The van der Waals surface area contributed by atoms with E-state index in [9.17, 15) is 9.59 Å². The van der Waals surface area contributed by atoms with E-state index < -0.39 is 11.8 Å². The molecule has 0 aromatic carbocycles. The van der Waals surface area contributed by atoms with Crippen molar-refractivity contribution in [2.24, 2.45) is 5.73 Å². The fourth-order valence-electron chi connectivity index (χ4n) is 0.261. The quantitative estimate of drug-likeness (QED) is 0.508. The highest BCUT2D eigenvalue weighted by Gasteiger charge is 2.01. The Morgan fingerprint density at radius 1 is 1.50 bits per heavy atom. The zero-order valence-corrected chi connectivity index (χ0v) is 5.39. The maximum atomic E-state index is 10.4. The van der Waals surface area contributed by atoms with Crippen LogP contribution in [-0.2, 0) is 9.59 Å². The second-order valence-electron chi connectivity index (χ2n) is 1.54. The van der Waals surface area contributed by atoms with Crippen molar-refractivity contribution in [2.75, 3.05) is 0 Å². The highest BCUT2D eigenvalue weighted by Crippen LogP contribution is 1.80. The lowest BCUT2D eigenvalue weighted by atomic mass is 10.4. The number of hydrogen-bond donors (Lipinski definition) is 2. The summed E-state index contributed by atoms with van der Waals surface area (Å²) in [6.07, 6.45) is 1.02. The predicted molar refractivity (Wildman–Crippen MR) is 36.7 cm³/mol. The van der Waals surface area contributed by atoms with Crippen molar-refractivity contribution in [1.29, 1.82) is 0 Å². The van der Waals surface area contributed by atoms with Crippen molar-refractivity contribution in [1.82, 2.24) is 5.32 Å². The zero-order valence-electron chi connectivity index (χ0n) is 5.39. The summed E-state index contributed by atoms with van der Waals surface area (Å²) >= 11 is 0. The standard InChI is InChI=1S/C6H8N2O2/c1-3-5(9)8-4(2)6(7)10/h3H,1-2H2,(H2,7,10)(H,8,9). The number of amides is 2. The number of nitrogens with one attached hydrogen (secondary N) is 1. The van der Waals surface area contributed by atoms with Crippen LogP contribution in [0.1, 0.15) is 0 Å². The van der Waals surface area contributed by atoms with Gasteiger partial charge in [-0.1, -0.05) is 13.2 Å². The van der Waals surface area contributed by atoms with Gasteiger partial charge in [-0.2, -0.15) is 0 Å². The van der Waals surface area contributed by atoms with Gasteiger partial charge in [-0.25, -0.2) is 0 Å². The topological polar surface area (TPSA) is 72.2 Å². The van der Waals surface area contributed by atoms with E-state index in [0.717, 1.165) is 6.08 Å². The van der Waals surface area contributed by atoms with Crippen molar-refractivity contribution in [3.63, 3.8) is 0 Å². The number of rotatable bonds is 3. The Hall–Kier alpha value is -1.58. The van der Waals surface area contributed by atoms with Gasteiger partial charge in [0.25, 0.3) is 5.91 Å². The fourth-order valence-corrected chi connectivity index (χ4v) is 0.261. The third kappa shape index (κ3) is 2.66. The van der Waals surface area contributed by atoms with Gasteiger partial charge >= 0.3 is 0 Å². The molecule has 0 saturated carbocycles. The van der Waals surface area contributed by atoms with Crippen molar-refractivity contribution in [2.45, 2.75) is 0 Å². The third-order valence-electron chi connectivity index (χ3n) is 0.757. The second-order valence-corrected chi connectivity index (χ2v) is 1.54. The van der Waals surface area contributed by atoms with E-state index in [-0.39, 0.29) is 5.70 Å². The first-order valence-electron chi connectivity index (χ1n) is 2.50. The molecular formula is C6H8N2O2. The van der Waals surface area contributed by atoms with Gasteiger partial charge in [0, 0.05) is 0 Å². The predicted octanol–water partition coefficient (Wildman–Crippen LogP) is -0.712. The SMILES string of the molecule is C=CC(=O)NC(=C)C(N)=O. The van der Waals surface area contributed by atoms with E-state index in [4.69, 9.17) is 5.73 Å². The molecule has 0 aromatic rings. The average Bonchev–Trinajstić information content (AvgIpc) is 1.87. The molecule has 0 unspecified atom stereocenters. The van der Waals surface area contributed by atoms with Crippen LogP contribution in [0.2, 0.25) is 0 Å². The van der Waals surface area contributed by atoms with E-state index in [1.807, 2.05) is 0 Å². The fraction of sp³-hybridized carbons (Fsp3) is 0. The second kappa shape index (κ2) is 3.45. The summed E-state index contributed by atoms with van der Waals surface area (Å²) in [5.74, 6) is -1.25. The molecule has 3 N–H and O–H groups in total. The lowest BCUT2D eigenvalue weighted by Crippen LogP contribution is -2.28. The molecule has 2 amide bonds. The van der Waals surface area contributed by atoms with Gasteiger partial charge in [0.15, 0.2) is 0 Å². The molecule has 0 spiro atoms. The highest BCUT2D eigenvalue weighted by atomic mass is 16.2. The molecule has 0 aliphatic heterocycles. The van der Waals surface area contributed by atoms with Gasteiger partial charge in [-0.3, -0.25) is 9.59 Å². The molecule has 0 radical (unpaired) electrons. The van der Waals surface area contributed by atoms with Crippen LogP contribution in [0.3, 0.4) is 0 Å². The van der Waals surface area contributed by atoms with Crippen LogP contribution in [0.4, 0.5) is 0 Å². The van der Waals surface area contributed by atoms with Crippen LogP contribution >= 0.6 is 0 Å². The Bertz CT molecular complexity index is 196. The van der Waals surface area contributed by atoms with E-state index in [2.05, 4.69) is 18.5 Å².